The molecule has 0 saturated heterocycles. The van der Waals surface area contributed by atoms with Gasteiger partial charge in [0.25, 0.3) is 0 Å². The van der Waals surface area contributed by atoms with E-state index in [9.17, 15) is 10.2 Å². The van der Waals surface area contributed by atoms with Crippen molar-refractivity contribution in [3.05, 3.63) is 36.2 Å². The number of aromatic nitrogens is 3. The predicted octanol–water partition coefficient (Wildman–Crippen LogP) is 1.21. The standard InChI is InChI=1S/C12H14N4O2/c1-12(18)6-9(8-4-2-3-5-10(8)17)15-11-13-7-14-16(11)12/h2-5,7,9,17-18H,6H2,1H3,(H,13,14,15)/t9-,12+/m1/s1. The van der Waals surface area contributed by atoms with Crippen LogP contribution in [0.2, 0.25) is 0 Å². The lowest BCUT2D eigenvalue weighted by Crippen LogP contribution is -2.40. The SMILES string of the molecule is C[C@]1(O)C[C@H](c2ccccc2O)Nc2ncnn21. The minimum atomic E-state index is -1.12. The molecule has 0 bridgehead atoms. The first-order chi connectivity index (χ1) is 8.58. The molecule has 0 amide bonds. The lowest BCUT2D eigenvalue weighted by molar-refractivity contribution is -0.0473. The quantitative estimate of drug-likeness (QED) is 0.704. The highest BCUT2D eigenvalue weighted by molar-refractivity contribution is 5.41. The van der Waals surface area contributed by atoms with Gasteiger partial charge in [-0.05, 0) is 13.0 Å². The minimum absolute atomic E-state index is 0.196. The molecule has 0 spiro atoms. The van der Waals surface area contributed by atoms with Crippen molar-refractivity contribution in [1.82, 2.24) is 14.8 Å². The van der Waals surface area contributed by atoms with E-state index in [0.29, 0.717) is 12.4 Å². The van der Waals surface area contributed by atoms with E-state index in [-0.39, 0.29) is 11.8 Å². The van der Waals surface area contributed by atoms with Crippen LogP contribution in [0.15, 0.2) is 30.6 Å². The second-order valence-corrected chi connectivity index (χ2v) is 4.67. The molecular formula is C12H14N4O2. The first-order valence-electron chi connectivity index (χ1n) is 5.75. The van der Waals surface area contributed by atoms with Crippen molar-refractivity contribution >= 4 is 5.95 Å². The molecule has 1 aromatic heterocycles. The number of benzene rings is 1. The summed E-state index contributed by atoms with van der Waals surface area (Å²) in [5, 5.41) is 27.4. The van der Waals surface area contributed by atoms with Crippen LogP contribution in [0, 0.1) is 0 Å². The molecule has 1 aromatic carbocycles. The average Bonchev–Trinajstić information content (AvgIpc) is 2.78. The molecular weight excluding hydrogens is 232 g/mol. The number of para-hydroxylation sites is 1. The average molecular weight is 246 g/mol. The number of nitrogens with zero attached hydrogens (tertiary/aromatic N) is 3. The van der Waals surface area contributed by atoms with Crippen molar-refractivity contribution in [2.45, 2.75) is 25.1 Å². The maximum Gasteiger partial charge on any atom is 0.224 e. The van der Waals surface area contributed by atoms with E-state index in [2.05, 4.69) is 15.4 Å². The van der Waals surface area contributed by atoms with Gasteiger partial charge in [-0.3, -0.25) is 0 Å². The Morgan fingerprint density at radius 3 is 3.00 bits per heavy atom. The van der Waals surface area contributed by atoms with Gasteiger partial charge in [-0.15, -0.1) is 0 Å². The van der Waals surface area contributed by atoms with E-state index in [1.54, 1.807) is 19.1 Å². The molecule has 1 aliphatic rings. The number of hydrogen-bond donors (Lipinski definition) is 3. The summed E-state index contributed by atoms with van der Waals surface area (Å²) in [6.07, 6.45) is 1.80. The summed E-state index contributed by atoms with van der Waals surface area (Å²) in [5.41, 5.74) is -0.378. The molecule has 0 aliphatic carbocycles. The number of hydrogen-bond acceptors (Lipinski definition) is 5. The van der Waals surface area contributed by atoms with Gasteiger partial charge < -0.3 is 15.5 Å². The van der Waals surface area contributed by atoms with E-state index >= 15 is 0 Å². The van der Waals surface area contributed by atoms with Crippen molar-refractivity contribution in [2.24, 2.45) is 0 Å². The fraction of sp³-hybridized carbons (Fsp3) is 0.333. The van der Waals surface area contributed by atoms with E-state index in [0.717, 1.165) is 5.56 Å². The molecule has 0 unspecified atom stereocenters. The fourth-order valence-electron chi connectivity index (χ4n) is 2.34. The Morgan fingerprint density at radius 2 is 2.22 bits per heavy atom. The monoisotopic (exact) mass is 246 g/mol. The molecule has 2 atom stereocenters. The van der Waals surface area contributed by atoms with Crippen molar-refractivity contribution in [3.63, 3.8) is 0 Å². The van der Waals surface area contributed by atoms with Crippen molar-refractivity contribution < 1.29 is 10.2 Å². The molecule has 3 N–H and O–H groups in total. The highest BCUT2D eigenvalue weighted by Crippen LogP contribution is 2.38. The van der Waals surface area contributed by atoms with Gasteiger partial charge in [0.15, 0.2) is 5.72 Å². The van der Waals surface area contributed by atoms with Crippen LogP contribution in [0.25, 0.3) is 0 Å². The second kappa shape index (κ2) is 3.71. The van der Waals surface area contributed by atoms with Gasteiger partial charge in [0, 0.05) is 12.0 Å². The molecule has 94 valence electrons. The number of phenols is 1. The Kier molecular flexibility index (Phi) is 2.27. The van der Waals surface area contributed by atoms with Crippen LogP contribution in [0.1, 0.15) is 24.9 Å². The second-order valence-electron chi connectivity index (χ2n) is 4.67. The fourth-order valence-corrected chi connectivity index (χ4v) is 2.34. The van der Waals surface area contributed by atoms with Crippen molar-refractivity contribution in [1.29, 1.82) is 0 Å². The highest BCUT2D eigenvalue weighted by atomic mass is 16.3. The number of fused-ring (bicyclic) bond motifs is 1. The van der Waals surface area contributed by atoms with E-state index in [1.165, 1.54) is 11.0 Å². The zero-order valence-electron chi connectivity index (χ0n) is 9.91. The van der Waals surface area contributed by atoms with Crippen LogP contribution in [0.5, 0.6) is 5.75 Å². The van der Waals surface area contributed by atoms with Crippen LogP contribution in [-0.4, -0.2) is 25.0 Å². The van der Waals surface area contributed by atoms with Crippen LogP contribution in [-0.2, 0) is 5.72 Å². The molecule has 0 saturated carbocycles. The molecule has 0 radical (unpaired) electrons. The summed E-state index contributed by atoms with van der Waals surface area (Å²) >= 11 is 0. The van der Waals surface area contributed by atoms with Gasteiger partial charge in [-0.2, -0.15) is 10.1 Å². The number of anilines is 1. The van der Waals surface area contributed by atoms with Gasteiger partial charge in [0.05, 0.1) is 6.04 Å². The maximum absolute atomic E-state index is 10.4. The minimum Gasteiger partial charge on any atom is -0.508 e. The summed E-state index contributed by atoms with van der Waals surface area (Å²) in [6.45, 7) is 1.68. The van der Waals surface area contributed by atoms with Crippen LogP contribution >= 0.6 is 0 Å². The lowest BCUT2D eigenvalue weighted by Gasteiger charge is -2.35. The molecule has 0 fully saturated rings. The number of rotatable bonds is 1. The van der Waals surface area contributed by atoms with Crippen LogP contribution in [0.3, 0.4) is 0 Å². The predicted molar refractivity (Wildman–Crippen MR) is 65.0 cm³/mol. The summed E-state index contributed by atoms with van der Waals surface area (Å²) < 4.78 is 1.45. The third-order valence-electron chi connectivity index (χ3n) is 3.21. The van der Waals surface area contributed by atoms with Gasteiger partial charge in [0.1, 0.15) is 12.1 Å². The zero-order valence-corrected chi connectivity index (χ0v) is 9.91. The molecule has 2 heterocycles. The Balaban J connectivity index is 2.02. The van der Waals surface area contributed by atoms with Crippen LogP contribution < -0.4 is 5.32 Å². The highest BCUT2D eigenvalue weighted by Gasteiger charge is 2.37. The number of aromatic hydroxyl groups is 1. The summed E-state index contributed by atoms with van der Waals surface area (Å²) in [5.74, 6) is 0.707. The van der Waals surface area contributed by atoms with Gasteiger partial charge in [-0.1, -0.05) is 18.2 Å². The van der Waals surface area contributed by atoms with Crippen molar-refractivity contribution in [3.8, 4) is 5.75 Å². The summed E-state index contributed by atoms with van der Waals surface area (Å²) in [6, 6.07) is 6.88. The molecule has 6 heteroatoms. The Hall–Kier alpha value is -2.08. The van der Waals surface area contributed by atoms with E-state index in [1.807, 2.05) is 12.1 Å². The van der Waals surface area contributed by atoms with E-state index in [4.69, 9.17) is 0 Å². The molecule has 1 aliphatic heterocycles. The number of nitrogens with one attached hydrogen (secondary N) is 1. The van der Waals surface area contributed by atoms with E-state index < -0.39 is 5.72 Å². The topological polar surface area (TPSA) is 83.2 Å². The number of phenolic OH excluding ortho intramolecular Hbond substituents is 1. The lowest BCUT2D eigenvalue weighted by atomic mass is 9.95. The molecule has 18 heavy (non-hydrogen) atoms. The first-order valence-corrected chi connectivity index (χ1v) is 5.75. The zero-order chi connectivity index (χ0) is 12.8. The van der Waals surface area contributed by atoms with Gasteiger partial charge >= 0.3 is 0 Å². The maximum atomic E-state index is 10.4. The smallest absolute Gasteiger partial charge is 0.224 e. The first kappa shape index (κ1) is 11.0. The van der Waals surface area contributed by atoms with Crippen LogP contribution in [0.4, 0.5) is 5.95 Å². The Labute approximate surface area is 104 Å². The summed E-state index contributed by atoms with van der Waals surface area (Å²) in [7, 11) is 0. The normalized spacial score (nSPS) is 26.4. The third-order valence-corrected chi connectivity index (χ3v) is 3.21. The Bertz CT molecular complexity index is 579. The largest absolute Gasteiger partial charge is 0.508 e. The number of aliphatic hydroxyl groups is 1. The Morgan fingerprint density at radius 1 is 1.44 bits per heavy atom. The third kappa shape index (κ3) is 1.62. The van der Waals surface area contributed by atoms with Gasteiger partial charge in [0.2, 0.25) is 5.95 Å². The molecule has 6 nitrogen and oxygen atoms in total. The molecule has 2 aromatic rings. The molecule has 3 rings (SSSR count). The van der Waals surface area contributed by atoms with Gasteiger partial charge in [-0.25, -0.2) is 4.68 Å². The van der Waals surface area contributed by atoms with Crippen molar-refractivity contribution in [2.75, 3.05) is 5.32 Å². The summed E-state index contributed by atoms with van der Waals surface area (Å²) in [4.78, 5) is 4.06.